The van der Waals surface area contributed by atoms with Crippen molar-refractivity contribution < 1.29 is 4.79 Å². The number of nitrogens with one attached hydrogen (secondary N) is 1. The van der Waals surface area contributed by atoms with Crippen molar-refractivity contribution in [2.45, 2.75) is 32.0 Å². The summed E-state index contributed by atoms with van der Waals surface area (Å²) in [5, 5.41) is 11.9. The molecule has 1 N–H and O–H groups in total. The van der Waals surface area contributed by atoms with E-state index in [0.29, 0.717) is 18.7 Å². The summed E-state index contributed by atoms with van der Waals surface area (Å²) >= 11 is 1.53. The Bertz CT molecular complexity index is 666. The third-order valence-electron chi connectivity index (χ3n) is 3.19. The number of aromatic nitrogens is 3. The van der Waals surface area contributed by atoms with Crippen LogP contribution in [0.25, 0.3) is 0 Å². The summed E-state index contributed by atoms with van der Waals surface area (Å²) in [6, 6.07) is 7.75. The maximum atomic E-state index is 12.0. The number of carbonyl (C=O) groups excluding carboxylic acids is 1. The zero-order chi connectivity index (χ0) is 15.9. The molecule has 1 aromatic heterocycles. The molecule has 0 atom stereocenters. The molecule has 1 aromatic carbocycles. The maximum Gasteiger partial charge on any atom is 0.225 e. The van der Waals surface area contributed by atoms with Crippen molar-refractivity contribution in [2.24, 2.45) is 0 Å². The Morgan fingerprint density at radius 2 is 2.14 bits per heavy atom. The highest BCUT2D eigenvalue weighted by atomic mass is 32.2. The molecule has 2 rings (SSSR count). The van der Waals surface area contributed by atoms with Gasteiger partial charge in [-0.25, -0.2) is 0 Å². The molecule has 0 radical (unpaired) electrons. The largest absolute Gasteiger partial charge is 0.326 e. The Morgan fingerprint density at radius 1 is 1.36 bits per heavy atom. The van der Waals surface area contributed by atoms with Crippen LogP contribution in [0, 0.1) is 13.8 Å². The van der Waals surface area contributed by atoms with Gasteiger partial charge in [0, 0.05) is 24.4 Å². The van der Waals surface area contributed by atoms with Gasteiger partial charge in [-0.1, -0.05) is 36.0 Å². The highest BCUT2D eigenvalue weighted by Gasteiger charge is 2.10. The first-order valence-electron chi connectivity index (χ1n) is 7.10. The normalized spacial score (nSPS) is 10.5. The van der Waals surface area contributed by atoms with Crippen LogP contribution in [-0.2, 0) is 11.3 Å². The number of benzene rings is 1. The first-order valence-corrected chi connectivity index (χ1v) is 8.09. The van der Waals surface area contributed by atoms with E-state index in [1.807, 2.05) is 48.8 Å². The fraction of sp³-hybridized carbons (Fsp3) is 0.312. The van der Waals surface area contributed by atoms with E-state index in [9.17, 15) is 4.79 Å². The maximum absolute atomic E-state index is 12.0. The summed E-state index contributed by atoms with van der Waals surface area (Å²) in [5.74, 6) is 1.52. The smallest absolute Gasteiger partial charge is 0.225 e. The van der Waals surface area contributed by atoms with Crippen molar-refractivity contribution in [2.75, 3.05) is 11.1 Å². The topological polar surface area (TPSA) is 59.8 Å². The summed E-state index contributed by atoms with van der Waals surface area (Å²) in [6.07, 6.45) is 2.24. The Kier molecular flexibility index (Phi) is 5.77. The molecule has 0 spiro atoms. The zero-order valence-corrected chi connectivity index (χ0v) is 13.7. The number of hydrogen-bond acceptors (Lipinski definition) is 4. The van der Waals surface area contributed by atoms with Crippen LogP contribution in [0.4, 0.5) is 5.69 Å². The van der Waals surface area contributed by atoms with Gasteiger partial charge in [-0.3, -0.25) is 4.79 Å². The lowest BCUT2D eigenvalue weighted by atomic mass is 10.2. The number of amides is 1. The predicted molar refractivity (Wildman–Crippen MR) is 90.1 cm³/mol. The van der Waals surface area contributed by atoms with Gasteiger partial charge in [0.25, 0.3) is 0 Å². The average molecular weight is 316 g/mol. The second-order valence-corrected chi connectivity index (χ2v) is 5.95. The van der Waals surface area contributed by atoms with Crippen LogP contribution >= 0.6 is 11.8 Å². The molecule has 0 aliphatic heterocycles. The van der Waals surface area contributed by atoms with Crippen LogP contribution in [0.1, 0.15) is 17.8 Å². The molecule has 0 fully saturated rings. The fourth-order valence-corrected chi connectivity index (χ4v) is 2.90. The number of rotatable bonds is 7. The molecule has 2 aromatic rings. The molecule has 22 heavy (non-hydrogen) atoms. The second-order valence-electron chi connectivity index (χ2n) is 4.89. The van der Waals surface area contributed by atoms with E-state index in [2.05, 4.69) is 22.1 Å². The summed E-state index contributed by atoms with van der Waals surface area (Å²) < 4.78 is 1.98. The van der Waals surface area contributed by atoms with Crippen LogP contribution in [0.3, 0.4) is 0 Å². The summed E-state index contributed by atoms with van der Waals surface area (Å²) in [6.45, 7) is 8.29. The third kappa shape index (κ3) is 4.21. The molecule has 0 saturated carbocycles. The molecule has 0 aliphatic carbocycles. The number of nitrogens with zero attached hydrogens (tertiary/aromatic N) is 3. The van der Waals surface area contributed by atoms with Crippen LogP contribution in [0.15, 0.2) is 42.1 Å². The Labute approximate surface area is 134 Å². The minimum Gasteiger partial charge on any atom is -0.326 e. The van der Waals surface area contributed by atoms with Crippen molar-refractivity contribution in [1.82, 2.24) is 14.8 Å². The summed E-state index contributed by atoms with van der Waals surface area (Å²) in [4.78, 5) is 12.0. The van der Waals surface area contributed by atoms with Gasteiger partial charge in [-0.2, -0.15) is 0 Å². The SMILES string of the molecule is C=CCn1c(C)nnc1SCCC(=O)Nc1ccccc1C. The van der Waals surface area contributed by atoms with Crippen molar-refractivity contribution in [3.8, 4) is 0 Å². The van der Waals surface area contributed by atoms with Gasteiger partial charge in [-0.15, -0.1) is 16.8 Å². The van der Waals surface area contributed by atoms with Crippen molar-refractivity contribution in [3.63, 3.8) is 0 Å². The molecule has 0 aliphatic rings. The Hall–Kier alpha value is -2.08. The number of para-hydroxylation sites is 1. The van der Waals surface area contributed by atoms with Gasteiger partial charge in [-0.05, 0) is 25.5 Å². The molecule has 1 amide bonds. The molecule has 5 nitrogen and oxygen atoms in total. The third-order valence-corrected chi connectivity index (χ3v) is 4.16. The van der Waals surface area contributed by atoms with Gasteiger partial charge >= 0.3 is 0 Å². The molecule has 6 heteroatoms. The van der Waals surface area contributed by atoms with Gasteiger partial charge in [0.1, 0.15) is 5.82 Å². The van der Waals surface area contributed by atoms with E-state index >= 15 is 0 Å². The van der Waals surface area contributed by atoms with Crippen molar-refractivity contribution in [1.29, 1.82) is 0 Å². The lowest BCUT2D eigenvalue weighted by molar-refractivity contribution is -0.115. The van der Waals surface area contributed by atoms with E-state index in [4.69, 9.17) is 0 Å². The van der Waals surface area contributed by atoms with Crippen molar-refractivity contribution >= 4 is 23.4 Å². The standard InChI is InChI=1S/C16H20N4OS/c1-4-10-20-13(3)18-19-16(20)22-11-9-15(21)17-14-8-6-5-7-12(14)2/h4-8H,1,9-11H2,2-3H3,(H,17,21). The highest BCUT2D eigenvalue weighted by Crippen LogP contribution is 2.19. The molecule has 0 saturated heterocycles. The molecule has 1 heterocycles. The van der Waals surface area contributed by atoms with Gasteiger partial charge in [0.15, 0.2) is 5.16 Å². The molecule has 0 bridgehead atoms. The Balaban J connectivity index is 1.85. The molecule has 0 unspecified atom stereocenters. The lowest BCUT2D eigenvalue weighted by Gasteiger charge is -2.08. The van der Waals surface area contributed by atoms with Crippen molar-refractivity contribution in [3.05, 3.63) is 48.3 Å². The van der Waals surface area contributed by atoms with E-state index in [-0.39, 0.29) is 5.91 Å². The van der Waals surface area contributed by atoms with E-state index in [1.54, 1.807) is 0 Å². The minimum absolute atomic E-state index is 0.00769. The van der Waals surface area contributed by atoms with E-state index < -0.39 is 0 Å². The highest BCUT2D eigenvalue weighted by molar-refractivity contribution is 7.99. The second kappa shape index (κ2) is 7.79. The summed E-state index contributed by atoms with van der Waals surface area (Å²) in [5.41, 5.74) is 1.92. The van der Waals surface area contributed by atoms with Crippen LogP contribution in [-0.4, -0.2) is 26.4 Å². The number of aryl methyl sites for hydroxylation is 2. The number of thioether (sulfide) groups is 1. The van der Waals surface area contributed by atoms with Gasteiger partial charge in [0.2, 0.25) is 5.91 Å². The predicted octanol–water partition coefficient (Wildman–Crippen LogP) is 3.20. The average Bonchev–Trinajstić information content (AvgIpc) is 2.83. The number of anilines is 1. The first kappa shape index (κ1) is 16.3. The number of allylic oxidation sites excluding steroid dienone is 1. The van der Waals surface area contributed by atoms with Crippen LogP contribution in [0.2, 0.25) is 0 Å². The molecular formula is C16H20N4OS. The number of carbonyl (C=O) groups is 1. The zero-order valence-electron chi connectivity index (χ0n) is 12.9. The van der Waals surface area contributed by atoms with Gasteiger partial charge < -0.3 is 9.88 Å². The fourth-order valence-electron chi connectivity index (χ4n) is 1.97. The Morgan fingerprint density at radius 3 is 2.86 bits per heavy atom. The first-order chi connectivity index (χ1) is 10.6. The monoisotopic (exact) mass is 316 g/mol. The molecule has 116 valence electrons. The summed E-state index contributed by atoms with van der Waals surface area (Å²) in [7, 11) is 0. The minimum atomic E-state index is 0.00769. The van der Waals surface area contributed by atoms with Crippen LogP contribution in [0.5, 0.6) is 0 Å². The quantitative estimate of drug-likeness (QED) is 0.629. The number of hydrogen-bond donors (Lipinski definition) is 1. The van der Waals surface area contributed by atoms with E-state index in [1.165, 1.54) is 11.8 Å². The van der Waals surface area contributed by atoms with Crippen LogP contribution < -0.4 is 5.32 Å². The van der Waals surface area contributed by atoms with Gasteiger partial charge in [0.05, 0.1) is 0 Å². The lowest BCUT2D eigenvalue weighted by Crippen LogP contribution is -2.13. The molecular weight excluding hydrogens is 296 g/mol. The van der Waals surface area contributed by atoms with E-state index in [0.717, 1.165) is 22.2 Å².